The van der Waals surface area contributed by atoms with E-state index in [0.717, 1.165) is 74.5 Å². The number of rotatable bonds is 8. The summed E-state index contributed by atoms with van der Waals surface area (Å²) in [7, 11) is 3.53. The van der Waals surface area contributed by atoms with Crippen LogP contribution in [0.4, 0.5) is 37.5 Å². The van der Waals surface area contributed by atoms with Gasteiger partial charge in [-0.05, 0) is 67.7 Å². The number of carbonyl (C=O) groups excluding carboxylic acids is 2. The number of nitrogens with one attached hydrogen (secondary N) is 3. The van der Waals surface area contributed by atoms with E-state index < -0.39 is 30.0 Å². The minimum Gasteiger partial charge on any atom is -0.480 e. The Kier molecular flexibility index (Phi) is 10.1. The minimum atomic E-state index is -3.15. The van der Waals surface area contributed by atoms with Crippen LogP contribution in [0, 0.1) is 29.1 Å². The normalized spacial score (nSPS) is 23.6. The van der Waals surface area contributed by atoms with Crippen LogP contribution in [0.5, 0.6) is 5.75 Å². The van der Waals surface area contributed by atoms with Crippen LogP contribution in [0.2, 0.25) is 0 Å². The van der Waals surface area contributed by atoms with Crippen molar-refractivity contribution in [2.45, 2.75) is 56.9 Å². The van der Waals surface area contributed by atoms with Crippen LogP contribution in [-0.2, 0) is 23.7 Å². The van der Waals surface area contributed by atoms with Crippen LogP contribution in [-0.4, -0.2) is 110 Å². The van der Waals surface area contributed by atoms with E-state index in [4.69, 9.17) is 14.8 Å². The second kappa shape index (κ2) is 16.0. The zero-order valence-corrected chi connectivity index (χ0v) is 37.1. The van der Waals surface area contributed by atoms with E-state index in [1.807, 2.05) is 42.1 Å². The van der Waals surface area contributed by atoms with Crippen molar-refractivity contribution in [1.82, 2.24) is 39.2 Å². The Hall–Kier alpha value is -6.81. The standard InChI is InChI=1S/C47H51F2N13O4/c1-26-23-61(14-13-28(26)24-59-15-17-60(18-16-59)35-6-4-5-31-39(56-58(3)41(31)35)32-10-12-38(63)54-45(32)64)36-20-37(62-44(53-36)29(21-50)22-51-62)52-30-9-11-34-33(19-30)40-42(46(65)57(34)2)66-25-47(48,49)43(55-40)27-7-8-27/h4-6,9,11,19-20,22,26-28,32,43,52,55H,7-8,10,12-18,23-25H2,1-3H3,(H,54,63,64)/t26-,28-,32?,43+/m1/s1. The van der Waals surface area contributed by atoms with Crippen molar-refractivity contribution in [3.63, 3.8) is 0 Å². The predicted molar refractivity (Wildman–Crippen MR) is 245 cm³/mol. The molecule has 342 valence electrons. The van der Waals surface area contributed by atoms with Gasteiger partial charge in [-0.15, -0.1) is 0 Å². The Morgan fingerprint density at radius 3 is 2.56 bits per heavy atom. The van der Waals surface area contributed by atoms with Gasteiger partial charge in [-0.1, -0.05) is 19.1 Å². The fraction of sp³-hybridized carbons (Fsp3) is 0.468. The summed E-state index contributed by atoms with van der Waals surface area (Å²) in [5, 5.41) is 29.9. The third kappa shape index (κ3) is 7.22. The predicted octanol–water partition coefficient (Wildman–Crippen LogP) is 5.11. The first-order valence-corrected chi connectivity index (χ1v) is 22.9. The molecule has 19 heteroatoms. The summed E-state index contributed by atoms with van der Waals surface area (Å²) in [4.78, 5) is 50.2. The zero-order chi connectivity index (χ0) is 45.6. The lowest BCUT2D eigenvalue weighted by molar-refractivity contribution is -0.134. The molecule has 11 rings (SSSR count). The van der Waals surface area contributed by atoms with Crippen molar-refractivity contribution in [3.05, 3.63) is 70.3 Å². The van der Waals surface area contributed by atoms with Crippen molar-refractivity contribution in [2.24, 2.45) is 31.8 Å². The molecule has 4 atom stereocenters. The molecule has 0 bridgehead atoms. The minimum absolute atomic E-state index is 0.119. The molecule has 3 N–H and O–H groups in total. The summed E-state index contributed by atoms with van der Waals surface area (Å²) < 4.78 is 41.1. The van der Waals surface area contributed by atoms with Crippen LogP contribution in [0.3, 0.4) is 0 Å². The third-order valence-corrected chi connectivity index (χ3v) is 14.5. The molecule has 0 radical (unpaired) electrons. The van der Waals surface area contributed by atoms with Crippen molar-refractivity contribution in [3.8, 4) is 11.8 Å². The second-order valence-corrected chi connectivity index (χ2v) is 18.8. The van der Waals surface area contributed by atoms with E-state index in [9.17, 15) is 19.6 Å². The van der Waals surface area contributed by atoms with Gasteiger partial charge in [0.1, 0.15) is 23.3 Å². The number of fused-ring (bicyclic) bond motifs is 5. The number of anilines is 5. The third-order valence-electron chi connectivity index (χ3n) is 14.5. The molecule has 2 amide bonds. The summed E-state index contributed by atoms with van der Waals surface area (Å²) in [6.07, 6.45) is 4.60. The molecule has 4 aromatic heterocycles. The number of piperidine rings is 2. The maximum atomic E-state index is 15.3. The quantitative estimate of drug-likeness (QED) is 0.172. The smallest absolute Gasteiger partial charge is 0.301 e. The van der Waals surface area contributed by atoms with Gasteiger partial charge in [0.2, 0.25) is 17.6 Å². The number of piperazine rings is 1. The number of nitriles is 1. The lowest BCUT2D eigenvalue weighted by atomic mass is 9.86. The van der Waals surface area contributed by atoms with Crippen LogP contribution in [0.15, 0.2) is 53.5 Å². The molecule has 8 heterocycles. The van der Waals surface area contributed by atoms with Crippen LogP contribution >= 0.6 is 0 Å². The number of halogens is 2. The first-order chi connectivity index (χ1) is 31.8. The number of para-hydroxylation sites is 1. The van der Waals surface area contributed by atoms with Gasteiger partial charge >= 0.3 is 5.92 Å². The molecule has 1 unspecified atom stereocenters. The molecular weight excluding hydrogens is 849 g/mol. The molecule has 3 saturated heterocycles. The van der Waals surface area contributed by atoms with E-state index >= 15 is 8.78 Å². The first kappa shape index (κ1) is 41.9. The number of pyridine rings is 1. The number of nitrogens with zero attached hydrogens (tertiary/aromatic N) is 10. The van der Waals surface area contributed by atoms with Crippen molar-refractivity contribution < 1.29 is 23.1 Å². The number of amides is 2. The number of ether oxygens (including phenoxy) is 1. The van der Waals surface area contributed by atoms with E-state index in [0.29, 0.717) is 77.0 Å². The Morgan fingerprint density at radius 1 is 0.985 bits per heavy atom. The van der Waals surface area contributed by atoms with Gasteiger partial charge in [-0.2, -0.15) is 20.0 Å². The maximum Gasteiger partial charge on any atom is 0.301 e. The molecule has 66 heavy (non-hydrogen) atoms. The highest BCUT2D eigenvalue weighted by molar-refractivity contribution is 6.04. The molecule has 1 aliphatic carbocycles. The molecular formula is C47H51F2N13O4. The molecule has 6 aromatic rings. The molecule has 0 spiro atoms. The van der Waals surface area contributed by atoms with Crippen LogP contribution in [0.1, 0.15) is 56.2 Å². The Bertz CT molecular complexity index is 3050. The fourth-order valence-corrected chi connectivity index (χ4v) is 10.7. The van der Waals surface area contributed by atoms with Gasteiger partial charge in [0.15, 0.2) is 12.3 Å². The Labute approximate surface area is 378 Å². The van der Waals surface area contributed by atoms with Gasteiger partial charge in [0.25, 0.3) is 5.56 Å². The summed E-state index contributed by atoms with van der Waals surface area (Å²) in [5.74, 6) is -2.34. The highest BCUT2D eigenvalue weighted by atomic mass is 19.3. The number of hydrogen-bond acceptors (Lipinski definition) is 13. The topological polar surface area (TPSA) is 183 Å². The van der Waals surface area contributed by atoms with Crippen LogP contribution < -0.4 is 36.0 Å². The van der Waals surface area contributed by atoms with Gasteiger partial charge in [-0.3, -0.25) is 29.3 Å². The van der Waals surface area contributed by atoms with Crippen molar-refractivity contribution >= 4 is 68.0 Å². The van der Waals surface area contributed by atoms with Gasteiger partial charge < -0.3 is 29.7 Å². The highest BCUT2D eigenvalue weighted by Gasteiger charge is 2.51. The van der Waals surface area contributed by atoms with Crippen molar-refractivity contribution in [1.29, 1.82) is 5.26 Å². The number of alkyl halides is 2. The Balaban J connectivity index is 0.791. The molecule has 2 aromatic carbocycles. The SMILES string of the molecule is C[C@@H]1CN(c2cc(Nc3ccc4c(c3)c3c(c(=O)n4C)OCC(F)(F)[C@H](C4CC4)N3)n3ncc(C#N)c3n2)CC[C@@H]1CN1CCN(c2cccc3c(C4CCC(=O)NC4=O)nn(C)c23)CC1. The van der Waals surface area contributed by atoms with E-state index in [1.165, 1.54) is 10.8 Å². The Morgan fingerprint density at radius 2 is 1.80 bits per heavy atom. The summed E-state index contributed by atoms with van der Waals surface area (Å²) in [5.41, 5.74) is 4.54. The number of imide groups is 1. The van der Waals surface area contributed by atoms with E-state index in [2.05, 4.69) is 54.8 Å². The summed E-state index contributed by atoms with van der Waals surface area (Å²) in [6.45, 7) is 7.49. The van der Waals surface area contributed by atoms with Crippen molar-refractivity contribution in [2.75, 3.05) is 72.9 Å². The number of hydrogen-bond donors (Lipinski definition) is 3. The maximum absolute atomic E-state index is 15.3. The van der Waals surface area contributed by atoms with Gasteiger partial charge in [-0.25, -0.2) is 13.8 Å². The summed E-state index contributed by atoms with van der Waals surface area (Å²) in [6, 6.07) is 14.6. The zero-order valence-electron chi connectivity index (χ0n) is 37.1. The first-order valence-electron chi connectivity index (χ1n) is 22.9. The average molecular weight is 900 g/mol. The molecule has 1 saturated carbocycles. The number of benzene rings is 2. The molecule has 5 aliphatic rings. The number of aromatic nitrogens is 6. The fourth-order valence-electron chi connectivity index (χ4n) is 10.7. The lowest BCUT2D eigenvalue weighted by Crippen LogP contribution is -2.50. The molecule has 17 nitrogen and oxygen atoms in total. The number of carbonyl (C=O) groups is 2. The number of aryl methyl sites for hydroxylation is 2. The highest BCUT2D eigenvalue weighted by Crippen LogP contribution is 2.46. The van der Waals surface area contributed by atoms with E-state index in [-0.39, 0.29) is 29.2 Å². The van der Waals surface area contributed by atoms with Gasteiger partial charge in [0.05, 0.1) is 46.3 Å². The lowest BCUT2D eigenvalue weighted by Gasteiger charge is -2.42. The monoisotopic (exact) mass is 899 g/mol. The summed E-state index contributed by atoms with van der Waals surface area (Å²) >= 11 is 0. The molecule has 4 fully saturated rings. The van der Waals surface area contributed by atoms with Crippen LogP contribution in [0.25, 0.3) is 27.5 Å². The largest absolute Gasteiger partial charge is 0.480 e. The van der Waals surface area contributed by atoms with Gasteiger partial charge in [0, 0.05) is 88.9 Å². The molecule has 4 aliphatic heterocycles. The van der Waals surface area contributed by atoms with E-state index in [1.54, 1.807) is 17.6 Å². The second-order valence-electron chi connectivity index (χ2n) is 18.8. The average Bonchev–Trinajstić information content (AvgIpc) is 4.00.